The maximum Gasteiger partial charge on any atom is 0.175 e. The number of hydrogen-bond donors (Lipinski definition) is 1. The quantitative estimate of drug-likeness (QED) is 0.693. The van der Waals surface area contributed by atoms with Crippen LogP contribution in [-0.2, 0) is 9.84 Å². The van der Waals surface area contributed by atoms with Gasteiger partial charge in [0.2, 0.25) is 0 Å². The SMILES string of the molecule is Cc1cc(N=Nc2ccc(S(C)(=O)=O)cc2)c(C)cc1N. The zero-order valence-electron chi connectivity index (χ0n) is 12.2. The molecule has 2 N–H and O–H groups in total. The molecule has 2 aromatic carbocycles. The van der Waals surface area contributed by atoms with E-state index in [1.54, 1.807) is 12.1 Å². The average molecular weight is 303 g/mol. The molecule has 0 aliphatic carbocycles. The lowest BCUT2D eigenvalue weighted by atomic mass is 10.1. The highest BCUT2D eigenvalue weighted by Gasteiger charge is 2.06. The number of nitrogen functional groups attached to an aromatic ring is 1. The lowest BCUT2D eigenvalue weighted by Crippen LogP contribution is -1.95. The first-order valence-electron chi connectivity index (χ1n) is 6.36. The number of nitrogens with two attached hydrogens (primary N) is 1. The summed E-state index contributed by atoms with van der Waals surface area (Å²) in [6.45, 7) is 3.83. The van der Waals surface area contributed by atoms with Gasteiger partial charge in [0.15, 0.2) is 9.84 Å². The van der Waals surface area contributed by atoms with E-state index in [0.29, 0.717) is 5.69 Å². The number of hydrogen-bond acceptors (Lipinski definition) is 5. The Balaban J connectivity index is 2.28. The molecule has 0 aliphatic heterocycles. The van der Waals surface area contributed by atoms with Crippen molar-refractivity contribution in [1.82, 2.24) is 0 Å². The molecule has 2 rings (SSSR count). The molecule has 110 valence electrons. The summed E-state index contributed by atoms with van der Waals surface area (Å²) in [7, 11) is -3.19. The summed E-state index contributed by atoms with van der Waals surface area (Å²) < 4.78 is 22.7. The van der Waals surface area contributed by atoms with Gasteiger partial charge in [-0.15, -0.1) is 0 Å². The third kappa shape index (κ3) is 3.66. The van der Waals surface area contributed by atoms with E-state index in [9.17, 15) is 8.42 Å². The Labute approximate surface area is 124 Å². The minimum Gasteiger partial charge on any atom is -0.399 e. The molecule has 0 spiro atoms. The van der Waals surface area contributed by atoms with Crippen LogP contribution in [0.15, 0.2) is 51.5 Å². The summed E-state index contributed by atoms with van der Waals surface area (Å²) in [5.74, 6) is 0. The molecule has 0 atom stereocenters. The van der Waals surface area contributed by atoms with Gasteiger partial charge in [-0.1, -0.05) is 0 Å². The van der Waals surface area contributed by atoms with E-state index in [4.69, 9.17) is 5.73 Å². The summed E-state index contributed by atoms with van der Waals surface area (Å²) in [6, 6.07) is 10.0. The molecule has 5 nitrogen and oxygen atoms in total. The van der Waals surface area contributed by atoms with E-state index in [-0.39, 0.29) is 4.90 Å². The van der Waals surface area contributed by atoms with Crippen LogP contribution in [-0.4, -0.2) is 14.7 Å². The van der Waals surface area contributed by atoms with Gasteiger partial charge in [0.1, 0.15) is 0 Å². The molecule has 0 unspecified atom stereocenters. The van der Waals surface area contributed by atoms with E-state index in [1.165, 1.54) is 18.4 Å². The monoisotopic (exact) mass is 303 g/mol. The number of aryl methyl sites for hydroxylation is 2. The van der Waals surface area contributed by atoms with Gasteiger partial charge in [-0.05, 0) is 61.4 Å². The maximum absolute atomic E-state index is 11.4. The van der Waals surface area contributed by atoms with E-state index in [1.807, 2.05) is 26.0 Å². The van der Waals surface area contributed by atoms with Gasteiger partial charge >= 0.3 is 0 Å². The number of anilines is 1. The molecular formula is C15H17N3O2S. The van der Waals surface area contributed by atoms with Crippen LogP contribution in [0.4, 0.5) is 17.1 Å². The van der Waals surface area contributed by atoms with Crippen molar-refractivity contribution in [3.63, 3.8) is 0 Å². The van der Waals surface area contributed by atoms with Crippen molar-refractivity contribution in [2.24, 2.45) is 10.2 Å². The van der Waals surface area contributed by atoms with E-state index in [2.05, 4.69) is 10.2 Å². The lowest BCUT2D eigenvalue weighted by molar-refractivity contribution is 0.602. The first kappa shape index (κ1) is 15.2. The van der Waals surface area contributed by atoms with Crippen LogP contribution in [0.25, 0.3) is 0 Å². The topological polar surface area (TPSA) is 84.9 Å². The highest BCUT2D eigenvalue weighted by molar-refractivity contribution is 7.90. The Morgan fingerprint density at radius 2 is 1.57 bits per heavy atom. The number of benzene rings is 2. The fraction of sp³-hybridized carbons (Fsp3) is 0.200. The van der Waals surface area contributed by atoms with Crippen molar-refractivity contribution in [1.29, 1.82) is 0 Å². The summed E-state index contributed by atoms with van der Waals surface area (Å²) in [5, 5.41) is 8.31. The fourth-order valence-corrected chi connectivity index (χ4v) is 2.43. The molecule has 0 heterocycles. The minimum absolute atomic E-state index is 0.265. The number of rotatable bonds is 3. The van der Waals surface area contributed by atoms with Gasteiger partial charge in [0, 0.05) is 11.9 Å². The summed E-state index contributed by atoms with van der Waals surface area (Å²) in [6.07, 6.45) is 1.17. The second kappa shape index (κ2) is 5.65. The molecule has 2 aromatic rings. The molecular weight excluding hydrogens is 286 g/mol. The predicted octanol–water partition coefficient (Wildman–Crippen LogP) is 3.70. The highest BCUT2D eigenvalue weighted by atomic mass is 32.2. The van der Waals surface area contributed by atoms with Crippen LogP contribution < -0.4 is 5.73 Å². The largest absolute Gasteiger partial charge is 0.399 e. The second-order valence-electron chi connectivity index (χ2n) is 4.96. The van der Waals surface area contributed by atoms with Gasteiger partial charge in [0.05, 0.1) is 16.3 Å². The first-order chi connectivity index (χ1) is 9.77. The zero-order chi connectivity index (χ0) is 15.6. The molecule has 0 aliphatic rings. The predicted molar refractivity (Wildman–Crippen MR) is 84.1 cm³/mol. The number of sulfone groups is 1. The van der Waals surface area contributed by atoms with Crippen LogP contribution in [0.5, 0.6) is 0 Å². The summed E-state index contributed by atoms with van der Waals surface area (Å²) >= 11 is 0. The summed E-state index contributed by atoms with van der Waals surface area (Å²) in [4.78, 5) is 0.265. The van der Waals surface area contributed by atoms with E-state index >= 15 is 0 Å². The minimum atomic E-state index is -3.19. The molecule has 21 heavy (non-hydrogen) atoms. The van der Waals surface area contributed by atoms with Gasteiger partial charge in [-0.25, -0.2) is 8.42 Å². The highest BCUT2D eigenvalue weighted by Crippen LogP contribution is 2.26. The van der Waals surface area contributed by atoms with Crippen LogP contribution in [0, 0.1) is 13.8 Å². The fourth-order valence-electron chi connectivity index (χ4n) is 1.80. The standard InChI is InChI=1S/C15H17N3O2S/c1-10-9-15(11(2)8-14(10)16)18-17-12-4-6-13(7-5-12)21(3,19)20/h4-9H,16H2,1-3H3. The lowest BCUT2D eigenvalue weighted by Gasteiger charge is -2.04. The van der Waals surface area contributed by atoms with Crippen LogP contribution in [0.1, 0.15) is 11.1 Å². The molecule has 0 saturated carbocycles. The Kier molecular flexibility index (Phi) is 4.09. The van der Waals surface area contributed by atoms with E-state index in [0.717, 1.165) is 22.5 Å². The van der Waals surface area contributed by atoms with Crippen molar-refractivity contribution < 1.29 is 8.42 Å². The van der Waals surface area contributed by atoms with Crippen LogP contribution in [0.3, 0.4) is 0 Å². The molecule has 0 amide bonds. The Morgan fingerprint density at radius 3 is 2.14 bits per heavy atom. The third-order valence-corrected chi connectivity index (χ3v) is 4.25. The zero-order valence-corrected chi connectivity index (χ0v) is 13.0. The normalized spacial score (nSPS) is 12.0. The third-order valence-electron chi connectivity index (χ3n) is 3.12. The molecule has 0 radical (unpaired) electrons. The van der Waals surface area contributed by atoms with Crippen molar-refractivity contribution >= 4 is 26.9 Å². The molecule has 0 fully saturated rings. The average Bonchev–Trinajstić information content (AvgIpc) is 2.41. The molecule has 0 bridgehead atoms. The van der Waals surface area contributed by atoms with Crippen molar-refractivity contribution in [2.45, 2.75) is 18.7 Å². The van der Waals surface area contributed by atoms with Crippen molar-refractivity contribution in [2.75, 3.05) is 12.0 Å². The van der Waals surface area contributed by atoms with Crippen LogP contribution >= 0.6 is 0 Å². The Hall–Kier alpha value is -2.21. The second-order valence-corrected chi connectivity index (χ2v) is 6.98. The summed E-state index contributed by atoms with van der Waals surface area (Å²) in [5.41, 5.74) is 9.77. The van der Waals surface area contributed by atoms with Gasteiger partial charge in [-0.3, -0.25) is 0 Å². The number of azo groups is 1. The Morgan fingerprint density at radius 1 is 0.952 bits per heavy atom. The van der Waals surface area contributed by atoms with E-state index < -0.39 is 9.84 Å². The Bertz CT molecular complexity index is 794. The van der Waals surface area contributed by atoms with Crippen LogP contribution in [0.2, 0.25) is 0 Å². The first-order valence-corrected chi connectivity index (χ1v) is 8.25. The maximum atomic E-state index is 11.4. The van der Waals surface area contributed by atoms with Crippen molar-refractivity contribution in [3.05, 3.63) is 47.5 Å². The molecule has 6 heteroatoms. The number of nitrogens with zero attached hydrogens (tertiary/aromatic N) is 2. The van der Waals surface area contributed by atoms with Gasteiger partial charge in [-0.2, -0.15) is 10.2 Å². The molecule has 0 aromatic heterocycles. The molecule has 0 saturated heterocycles. The van der Waals surface area contributed by atoms with Crippen molar-refractivity contribution in [3.8, 4) is 0 Å². The van der Waals surface area contributed by atoms with Gasteiger partial charge < -0.3 is 5.73 Å². The van der Waals surface area contributed by atoms with Gasteiger partial charge in [0.25, 0.3) is 0 Å². The smallest absolute Gasteiger partial charge is 0.175 e.